The number of nitrogens with zero attached hydrogens (tertiary/aromatic N) is 6. The van der Waals surface area contributed by atoms with Crippen LogP contribution >= 0.6 is 15.2 Å². The Kier molecular flexibility index (Phi) is 38.0. The molecule has 0 aromatic carbocycles. The number of halogens is 3. The summed E-state index contributed by atoms with van der Waals surface area (Å²) in [7, 11) is -4.72. The maximum Gasteiger partial charge on any atom is 3.00 e. The maximum atomic E-state index is 13.6. The minimum absolute atomic E-state index is 0. The molecule has 17 N–H and O–H groups in total. The van der Waals surface area contributed by atoms with Crippen LogP contribution in [0.15, 0.2) is 0 Å². The van der Waals surface area contributed by atoms with Crippen LogP contribution in [0.2, 0.25) is 0 Å². The van der Waals surface area contributed by atoms with Crippen LogP contribution in [-0.2, 0) is 36.5 Å². The molecule has 6 saturated heterocycles. The van der Waals surface area contributed by atoms with Gasteiger partial charge in [-0.1, -0.05) is 0 Å². The van der Waals surface area contributed by atoms with Crippen LogP contribution in [0, 0.1) is 37.7 Å². The van der Waals surface area contributed by atoms with Crippen molar-refractivity contribution in [3.63, 3.8) is 0 Å². The van der Waals surface area contributed by atoms with Gasteiger partial charge in [0.1, 0.15) is 0 Å². The molecule has 6 fully saturated rings. The molecule has 0 amide bonds. The summed E-state index contributed by atoms with van der Waals surface area (Å²) in [6, 6.07) is 0. The van der Waals surface area contributed by atoms with Crippen molar-refractivity contribution in [1.29, 1.82) is 0 Å². The fourth-order valence-electron chi connectivity index (χ4n) is 6.84. The van der Waals surface area contributed by atoms with Gasteiger partial charge in [0, 0.05) is 78.5 Å². The minimum Gasteiger partial charge on any atom is -1.00 e. The largest absolute Gasteiger partial charge is 3.00 e. The van der Waals surface area contributed by atoms with E-state index in [1.54, 1.807) is 0 Å². The van der Waals surface area contributed by atoms with Crippen molar-refractivity contribution in [2.75, 3.05) is 78.5 Å². The van der Waals surface area contributed by atoms with Gasteiger partial charge in [0.05, 0.1) is 0 Å². The van der Waals surface area contributed by atoms with Crippen molar-refractivity contribution in [1.82, 2.24) is 28.0 Å². The summed E-state index contributed by atoms with van der Waals surface area (Å²) in [5.41, 5.74) is 0. The predicted molar refractivity (Wildman–Crippen MR) is 168 cm³/mol. The Morgan fingerprint density at radius 2 is 0.386 bits per heavy atom. The van der Waals surface area contributed by atoms with Gasteiger partial charge in [-0.3, -0.25) is 9.13 Å². The van der Waals surface area contributed by atoms with Crippen molar-refractivity contribution in [2.45, 2.75) is 77.0 Å². The molecule has 0 aromatic heterocycles. The van der Waals surface area contributed by atoms with Crippen LogP contribution in [-0.4, -0.2) is 112 Å². The van der Waals surface area contributed by atoms with Gasteiger partial charge in [-0.05, 0) is 77.0 Å². The predicted octanol–water partition coefficient (Wildman–Crippen LogP) is -9.66. The van der Waals surface area contributed by atoms with E-state index in [-0.39, 0.29) is 122 Å². The molecule has 276 valence electrons. The first-order valence-electron chi connectivity index (χ1n) is 14.4. The molecule has 20 heteroatoms. The number of hydrogen-bond donors (Lipinski definition) is 0. The second kappa shape index (κ2) is 28.4. The molecule has 0 atom stereocenters. The van der Waals surface area contributed by atoms with Gasteiger partial charge < -0.3 is 83.8 Å². The second-order valence-electron chi connectivity index (χ2n) is 11.0. The molecule has 0 radical (unpaired) electrons. The maximum absolute atomic E-state index is 13.6. The van der Waals surface area contributed by atoms with Crippen molar-refractivity contribution in [3.8, 4) is 0 Å². The van der Waals surface area contributed by atoms with E-state index < -0.39 is 15.2 Å². The van der Waals surface area contributed by atoms with E-state index in [2.05, 4.69) is 28.0 Å². The Bertz CT molecular complexity index is 617. The average molecular weight is 1030 g/mol. The Hall–Kier alpha value is 2.68. The minimum atomic E-state index is -2.36. The third-order valence-corrected chi connectivity index (χ3v) is 15.5. The number of rotatable bonds is 6. The van der Waals surface area contributed by atoms with Crippen LogP contribution in [0.3, 0.4) is 0 Å². The molecule has 0 aromatic rings. The summed E-state index contributed by atoms with van der Waals surface area (Å²) < 4.78 is 41.1. The van der Waals surface area contributed by atoms with Crippen LogP contribution in [0.25, 0.3) is 0 Å². The first-order valence-corrected chi connectivity index (χ1v) is 17.5. The molecule has 44 heavy (non-hydrogen) atoms. The summed E-state index contributed by atoms with van der Waals surface area (Å²) in [6.45, 7) is 12.6. The third-order valence-electron chi connectivity index (χ3n) is 8.71. The van der Waals surface area contributed by atoms with Crippen LogP contribution in [0.5, 0.6) is 0 Å². The topological polar surface area (TPSA) is 250 Å². The Morgan fingerprint density at radius 3 is 0.477 bits per heavy atom. The summed E-state index contributed by atoms with van der Waals surface area (Å²) in [5.74, 6) is 0. The smallest absolute Gasteiger partial charge is 1.00 e. The molecule has 6 rings (SSSR count). The van der Waals surface area contributed by atoms with Crippen LogP contribution in [0.1, 0.15) is 77.0 Å². The Balaban J connectivity index is -0.000000134. The van der Waals surface area contributed by atoms with Gasteiger partial charge in [0.25, 0.3) is 15.2 Å². The van der Waals surface area contributed by atoms with Crippen molar-refractivity contribution < 1.29 is 131 Å². The van der Waals surface area contributed by atoms with Gasteiger partial charge in [-0.2, -0.15) is 0 Å². The Morgan fingerprint density at radius 1 is 0.295 bits per heavy atom. The molecule has 0 bridgehead atoms. The first-order chi connectivity index (χ1) is 16.6. The van der Waals surface area contributed by atoms with E-state index in [4.69, 9.17) is 0 Å². The van der Waals surface area contributed by atoms with Gasteiger partial charge in [-0.15, -0.1) is 0 Å². The Labute approximate surface area is 326 Å². The summed E-state index contributed by atoms with van der Waals surface area (Å²) in [4.78, 5) is 0. The third kappa shape index (κ3) is 13.1. The molecule has 6 heterocycles. The molecule has 14 nitrogen and oxygen atoms in total. The van der Waals surface area contributed by atoms with Gasteiger partial charge in [-0.25, -0.2) is 28.0 Å². The molecule has 0 aliphatic carbocycles. The summed E-state index contributed by atoms with van der Waals surface area (Å²) >= 11 is 0. The van der Waals surface area contributed by atoms with E-state index in [0.29, 0.717) is 0 Å². The van der Waals surface area contributed by atoms with Crippen molar-refractivity contribution in [3.05, 3.63) is 0 Å². The normalized spacial score (nSPS) is 22.7. The summed E-state index contributed by atoms with van der Waals surface area (Å²) in [6.07, 6.45) is 14.7. The molecule has 6 aliphatic heterocycles. The molecule has 0 spiro atoms. The van der Waals surface area contributed by atoms with E-state index in [9.17, 15) is 9.13 Å². The zero-order chi connectivity index (χ0) is 23.4. The zero-order valence-electron chi connectivity index (χ0n) is 26.2. The number of hydrogen-bond acceptors (Lipinski definition) is 2. The van der Waals surface area contributed by atoms with Gasteiger partial charge >= 0.3 is 37.7 Å². The zero-order valence-corrected chi connectivity index (χ0v) is 34.7. The molecular formula is C24H65Br3HoN6O8P2+5. The van der Waals surface area contributed by atoms with E-state index in [1.807, 2.05) is 0 Å². The molecule has 0 unspecified atom stereocenters. The monoisotopic (exact) mass is 1030 g/mol. The van der Waals surface area contributed by atoms with Crippen molar-refractivity contribution >= 4 is 15.2 Å². The molecular weight excluding hydrogens is 967 g/mol. The average Bonchev–Trinajstić information content (AvgIpc) is 3.76. The van der Waals surface area contributed by atoms with Crippen LogP contribution in [0.4, 0.5) is 0 Å². The van der Waals surface area contributed by atoms with Crippen LogP contribution < -0.4 is 50.9 Å². The fraction of sp³-hybridized carbons (Fsp3) is 1.00. The van der Waals surface area contributed by atoms with E-state index in [1.165, 1.54) is 77.0 Å². The quantitative estimate of drug-likeness (QED) is 0.140. The first kappa shape index (κ1) is 58.9. The fourth-order valence-corrected chi connectivity index (χ4v) is 13.8. The SMILES string of the molecule is O.O=P(N1CCCC1)(N1CCCC1)N1CCCC1.O=P(N1CCCC1)(N1CCCC1)N1CCCC1.[Br-].[Br-].[Br-].[Ho+3].[OH3+].[OH3+].[OH3+].[OH3+].[OH3+]. The standard InChI is InChI=1S/2C12H24N3OP.3BrH.Ho.6H2O/c2*16-17(13-7-1-2-8-13,14-9-3-4-10-14)15-11-5-6-12-15;;;;;;;;;;/h2*1-12H2;3*1H;;6*1H2/q;;;;;+3;;;;;;/p+2. The van der Waals surface area contributed by atoms with Gasteiger partial charge in [0.2, 0.25) is 0 Å². The van der Waals surface area contributed by atoms with Crippen molar-refractivity contribution in [2.24, 2.45) is 0 Å². The summed E-state index contributed by atoms with van der Waals surface area (Å²) in [5, 5.41) is 0. The molecule has 0 saturated carbocycles. The van der Waals surface area contributed by atoms with Gasteiger partial charge in [0.15, 0.2) is 0 Å². The second-order valence-corrected chi connectivity index (χ2v) is 16.4. The van der Waals surface area contributed by atoms with E-state index >= 15 is 0 Å². The molecule has 6 aliphatic rings. The van der Waals surface area contributed by atoms with E-state index in [0.717, 1.165) is 78.5 Å².